The topological polar surface area (TPSA) is 84.2 Å². The average molecular weight is 345 g/mol. The molecule has 0 saturated carbocycles. The Labute approximate surface area is 138 Å². The summed E-state index contributed by atoms with van der Waals surface area (Å²) < 4.78 is 42.3. The standard InChI is InChI=1S/C17H12FNO4S/c1-23-17(20)13-4-2-12(3-5-13)10-16(11-19)24(21,22)15-8-6-14(18)7-9-15/h2-10H,1H3. The summed E-state index contributed by atoms with van der Waals surface area (Å²) in [5, 5.41) is 9.17. The van der Waals surface area contributed by atoms with Gasteiger partial charge < -0.3 is 4.74 Å². The summed E-state index contributed by atoms with van der Waals surface area (Å²) in [5.41, 5.74) is 0.722. The lowest BCUT2D eigenvalue weighted by Crippen LogP contribution is -2.04. The van der Waals surface area contributed by atoms with Crippen LogP contribution >= 0.6 is 0 Å². The molecule has 7 heteroatoms. The van der Waals surface area contributed by atoms with Crippen LogP contribution < -0.4 is 0 Å². The van der Waals surface area contributed by atoms with E-state index in [1.54, 1.807) is 6.07 Å². The van der Waals surface area contributed by atoms with E-state index in [0.717, 1.165) is 24.3 Å². The van der Waals surface area contributed by atoms with Crippen LogP contribution in [0.3, 0.4) is 0 Å². The van der Waals surface area contributed by atoms with Crippen molar-refractivity contribution in [2.75, 3.05) is 7.11 Å². The predicted molar refractivity (Wildman–Crippen MR) is 85.0 cm³/mol. The van der Waals surface area contributed by atoms with E-state index in [1.807, 2.05) is 0 Å². The van der Waals surface area contributed by atoms with Crippen molar-refractivity contribution < 1.29 is 22.3 Å². The molecule has 2 rings (SSSR count). The van der Waals surface area contributed by atoms with Crippen molar-refractivity contribution in [3.8, 4) is 6.07 Å². The van der Waals surface area contributed by atoms with E-state index in [2.05, 4.69) is 4.74 Å². The number of ether oxygens (including phenoxy) is 1. The van der Waals surface area contributed by atoms with Crippen LogP contribution in [0, 0.1) is 17.1 Å². The number of rotatable bonds is 4. The minimum atomic E-state index is -4.06. The van der Waals surface area contributed by atoms with E-state index in [1.165, 1.54) is 37.5 Å². The number of sulfone groups is 1. The van der Waals surface area contributed by atoms with Gasteiger partial charge in [-0.3, -0.25) is 0 Å². The van der Waals surface area contributed by atoms with Gasteiger partial charge in [0.2, 0.25) is 9.84 Å². The molecule has 0 saturated heterocycles. The van der Waals surface area contributed by atoms with Crippen molar-refractivity contribution in [2.24, 2.45) is 0 Å². The lowest BCUT2D eigenvalue weighted by Gasteiger charge is -2.04. The van der Waals surface area contributed by atoms with Gasteiger partial charge in [0.15, 0.2) is 0 Å². The maximum atomic E-state index is 12.9. The van der Waals surface area contributed by atoms with Crippen molar-refractivity contribution in [1.82, 2.24) is 0 Å². The number of methoxy groups -OCH3 is 1. The van der Waals surface area contributed by atoms with Gasteiger partial charge in [-0.25, -0.2) is 17.6 Å². The molecule has 0 unspecified atom stereocenters. The molecule has 0 N–H and O–H groups in total. The first-order chi connectivity index (χ1) is 11.4. The molecule has 122 valence electrons. The van der Waals surface area contributed by atoms with E-state index in [-0.39, 0.29) is 4.90 Å². The second-order valence-corrected chi connectivity index (χ2v) is 6.61. The van der Waals surface area contributed by atoms with Crippen LogP contribution in [-0.4, -0.2) is 21.5 Å². The number of halogens is 1. The second-order valence-electron chi connectivity index (χ2n) is 4.69. The van der Waals surface area contributed by atoms with Crippen LogP contribution in [0.5, 0.6) is 0 Å². The Balaban J connectivity index is 2.40. The largest absolute Gasteiger partial charge is 0.465 e. The van der Waals surface area contributed by atoms with Crippen LogP contribution in [0.1, 0.15) is 15.9 Å². The van der Waals surface area contributed by atoms with Crippen molar-refractivity contribution >= 4 is 21.9 Å². The van der Waals surface area contributed by atoms with Crippen LogP contribution in [0.4, 0.5) is 4.39 Å². The zero-order valence-electron chi connectivity index (χ0n) is 12.6. The van der Waals surface area contributed by atoms with Crippen molar-refractivity contribution in [2.45, 2.75) is 4.90 Å². The second kappa shape index (κ2) is 7.06. The zero-order valence-corrected chi connectivity index (χ0v) is 13.4. The summed E-state index contributed by atoms with van der Waals surface area (Å²) in [7, 11) is -2.81. The van der Waals surface area contributed by atoms with E-state index in [4.69, 9.17) is 0 Å². The molecule has 0 heterocycles. The number of esters is 1. The molecular formula is C17H12FNO4S. The van der Waals surface area contributed by atoms with Gasteiger partial charge in [-0.2, -0.15) is 5.26 Å². The molecule has 0 fully saturated rings. The van der Waals surface area contributed by atoms with Gasteiger partial charge in [0.05, 0.1) is 17.6 Å². The highest BCUT2D eigenvalue weighted by Crippen LogP contribution is 2.21. The lowest BCUT2D eigenvalue weighted by molar-refractivity contribution is 0.0600. The fourth-order valence-electron chi connectivity index (χ4n) is 1.90. The van der Waals surface area contributed by atoms with Gasteiger partial charge in [-0.1, -0.05) is 12.1 Å². The third kappa shape index (κ3) is 3.67. The van der Waals surface area contributed by atoms with Crippen molar-refractivity contribution in [3.63, 3.8) is 0 Å². The van der Waals surface area contributed by atoms with E-state index < -0.39 is 26.5 Å². The quantitative estimate of drug-likeness (QED) is 0.483. The highest BCUT2D eigenvalue weighted by Gasteiger charge is 2.20. The third-order valence-electron chi connectivity index (χ3n) is 3.15. The predicted octanol–water partition coefficient (Wildman–Crippen LogP) is 2.95. The number of allylic oxidation sites excluding steroid dienone is 1. The highest BCUT2D eigenvalue weighted by atomic mass is 32.2. The molecule has 0 aromatic heterocycles. The van der Waals surface area contributed by atoms with Gasteiger partial charge in [0.25, 0.3) is 0 Å². The molecule has 2 aromatic carbocycles. The summed E-state index contributed by atoms with van der Waals surface area (Å²) in [5.74, 6) is -1.10. The molecule has 0 aliphatic heterocycles. The van der Waals surface area contributed by atoms with Gasteiger partial charge in [-0.15, -0.1) is 0 Å². The third-order valence-corrected chi connectivity index (χ3v) is 4.83. The van der Waals surface area contributed by atoms with Crippen LogP contribution in [0.25, 0.3) is 6.08 Å². The zero-order chi connectivity index (χ0) is 17.7. The molecule has 0 amide bonds. The molecule has 0 atom stereocenters. The molecular weight excluding hydrogens is 333 g/mol. The SMILES string of the molecule is COC(=O)c1ccc(C=C(C#N)S(=O)(=O)c2ccc(F)cc2)cc1. The fourth-order valence-corrected chi connectivity index (χ4v) is 3.06. The van der Waals surface area contributed by atoms with Crippen molar-refractivity contribution in [3.05, 3.63) is 70.4 Å². The Kier molecular flexibility index (Phi) is 5.11. The lowest BCUT2D eigenvalue weighted by atomic mass is 10.1. The number of nitrogens with zero attached hydrogens (tertiary/aromatic N) is 1. The summed E-state index contributed by atoms with van der Waals surface area (Å²) in [6.07, 6.45) is 1.18. The van der Waals surface area contributed by atoms with Gasteiger partial charge in [0, 0.05) is 0 Å². The van der Waals surface area contributed by atoms with E-state index in [9.17, 15) is 22.9 Å². The molecule has 0 aliphatic carbocycles. The van der Waals surface area contributed by atoms with Crippen LogP contribution in [-0.2, 0) is 14.6 Å². The molecule has 5 nitrogen and oxygen atoms in total. The normalized spacial score (nSPS) is 11.6. The summed E-state index contributed by atoms with van der Waals surface area (Å²) >= 11 is 0. The summed E-state index contributed by atoms with van der Waals surface area (Å²) in [4.78, 5) is 10.7. The van der Waals surface area contributed by atoms with Gasteiger partial charge in [0.1, 0.15) is 16.8 Å². The van der Waals surface area contributed by atoms with Gasteiger partial charge in [-0.05, 0) is 48.0 Å². The highest BCUT2D eigenvalue weighted by molar-refractivity contribution is 7.95. The van der Waals surface area contributed by atoms with Crippen LogP contribution in [0.15, 0.2) is 58.3 Å². The summed E-state index contributed by atoms with van der Waals surface area (Å²) in [6.45, 7) is 0. The molecule has 2 aromatic rings. The van der Waals surface area contributed by atoms with Gasteiger partial charge >= 0.3 is 5.97 Å². The Morgan fingerprint density at radius 3 is 2.21 bits per heavy atom. The Morgan fingerprint density at radius 1 is 1.12 bits per heavy atom. The molecule has 0 aliphatic rings. The number of carbonyl (C=O) groups excluding carboxylic acids is 1. The number of benzene rings is 2. The minimum Gasteiger partial charge on any atom is -0.465 e. The number of nitriles is 1. The number of hydrogen-bond acceptors (Lipinski definition) is 5. The van der Waals surface area contributed by atoms with E-state index >= 15 is 0 Å². The fraction of sp³-hybridized carbons (Fsp3) is 0.0588. The maximum absolute atomic E-state index is 12.9. The molecule has 0 spiro atoms. The maximum Gasteiger partial charge on any atom is 0.337 e. The first-order valence-electron chi connectivity index (χ1n) is 6.69. The van der Waals surface area contributed by atoms with E-state index in [0.29, 0.717) is 11.1 Å². The number of carbonyl (C=O) groups is 1. The summed E-state index contributed by atoms with van der Waals surface area (Å²) in [6, 6.07) is 11.7. The first-order valence-corrected chi connectivity index (χ1v) is 8.17. The van der Waals surface area contributed by atoms with Crippen molar-refractivity contribution in [1.29, 1.82) is 5.26 Å². The van der Waals surface area contributed by atoms with Crippen LogP contribution in [0.2, 0.25) is 0 Å². The molecule has 0 bridgehead atoms. The Hall–Kier alpha value is -2.98. The Bertz CT molecular complexity index is 924. The number of hydrogen-bond donors (Lipinski definition) is 0. The minimum absolute atomic E-state index is 0.178. The molecule has 0 radical (unpaired) electrons. The first kappa shape index (κ1) is 17.4. The molecule has 24 heavy (non-hydrogen) atoms. The Morgan fingerprint density at radius 2 is 1.71 bits per heavy atom. The smallest absolute Gasteiger partial charge is 0.337 e. The average Bonchev–Trinajstić information content (AvgIpc) is 2.59. The monoisotopic (exact) mass is 345 g/mol.